The number of hydrogen-bond donors (Lipinski definition) is 1. The Morgan fingerprint density at radius 1 is 1.12 bits per heavy atom. The highest BCUT2D eigenvalue weighted by Crippen LogP contribution is 2.40. The maximum Gasteiger partial charge on any atom is 0.223 e. The standard InChI is InChI=1S/C21H29NO2/c1-14(2)11-19(15-7-4-3-5-8-15)22-21(24)18-12-16-9-6-10-17(13-18)20(16)23/h3-5,7-8,14,16-19H,6,9-13H2,1-2H3,(H,22,24). The minimum atomic E-state index is 0.0105. The first-order valence-electron chi connectivity index (χ1n) is 9.43. The fourth-order valence-electron chi connectivity index (χ4n) is 4.42. The number of rotatable bonds is 5. The van der Waals surface area contributed by atoms with Gasteiger partial charge >= 0.3 is 0 Å². The lowest BCUT2D eigenvalue weighted by molar-refractivity contribution is -0.138. The van der Waals surface area contributed by atoms with E-state index in [1.165, 1.54) is 5.56 Å². The Morgan fingerprint density at radius 2 is 1.75 bits per heavy atom. The number of ketones is 1. The van der Waals surface area contributed by atoms with Crippen LogP contribution in [0.1, 0.15) is 64.0 Å². The van der Waals surface area contributed by atoms with E-state index in [0.717, 1.165) is 38.5 Å². The molecule has 2 fully saturated rings. The van der Waals surface area contributed by atoms with E-state index in [9.17, 15) is 9.59 Å². The van der Waals surface area contributed by atoms with Crippen LogP contribution in [0.25, 0.3) is 0 Å². The van der Waals surface area contributed by atoms with Crippen molar-refractivity contribution in [3.8, 4) is 0 Å². The van der Waals surface area contributed by atoms with Gasteiger partial charge in [0.2, 0.25) is 5.91 Å². The molecule has 3 unspecified atom stereocenters. The molecule has 0 aliphatic heterocycles. The van der Waals surface area contributed by atoms with Crippen LogP contribution in [0.5, 0.6) is 0 Å². The molecule has 1 N–H and O–H groups in total. The third-order valence-corrected chi connectivity index (χ3v) is 5.64. The number of hydrogen-bond acceptors (Lipinski definition) is 2. The fraction of sp³-hybridized carbons (Fsp3) is 0.619. The van der Waals surface area contributed by atoms with Crippen molar-refractivity contribution in [3.05, 3.63) is 35.9 Å². The van der Waals surface area contributed by atoms with Crippen molar-refractivity contribution < 1.29 is 9.59 Å². The topological polar surface area (TPSA) is 46.2 Å². The van der Waals surface area contributed by atoms with Crippen molar-refractivity contribution in [2.75, 3.05) is 0 Å². The average Bonchev–Trinajstić information content (AvgIpc) is 2.54. The van der Waals surface area contributed by atoms with Crippen LogP contribution in [0, 0.1) is 23.7 Å². The van der Waals surface area contributed by atoms with Crippen molar-refractivity contribution in [3.63, 3.8) is 0 Å². The molecule has 0 spiro atoms. The lowest BCUT2D eigenvalue weighted by atomic mass is 9.67. The Balaban J connectivity index is 1.68. The highest BCUT2D eigenvalue weighted by atomic mass is 16.2. The van der Waals surface area contributed by atoms with Gasteiger partial charge in [-0.25, -0.2) is 0 Å². The largest absolute Gasteiger partial charge is 0.349 e. The molecule has 1 aromatic rings. The van der Waals surface area contributed by atoms with Crippen molar-refractivity contribution in [1.82, 2.24) is 5.32 Å². The Labute approximate surface area is 145 Å². The molecule has 0 heterocycles. The van der Waals surface area contributed by atoms with Gasteiger partial charge in [0, 0.05) is 17.8 Å². The van der Waals surface area contributed by atoms with Gasteiger partial charge in [0.15, 0.2) is 0 Å². The summed E-state index contributed by atoms with van der Waals surface area (Å²) >= 11 is 0. The lowest BCUT2D eigenvalue weighted by Gasteiger charge is -2.37. The molecule has 3 heteroatoms. The molecule has 1 amide bonds. The second kappa shape index (κ2) is 7.50. The maximum absolute atomic E-state index is 12.9. The molecule has 3 atom stereocenters. The minimum Gasteiger partial charge on any atom is -0.349 e. The number of nitrogens with one attached hydrogen (secondary N) is 1. The Bertz CT molecular complexity index is 565. The summed E-state index contributed by atoms with van der Waals surface area (Å²) in [5.41, 5.74) is 1.17. The van der Waals surface area contributed by atoms with E-state index < -0.39 is 0 Å². The monoisotopic (exact) mass is 327 g/mol. The second-order valence-corrected chi connectivity index (χ2v) is 8.00. The molecular weight excluding hydrogens is 298 g/mol. The Kier molecular flexibility index (Phi) is 5.37. The van der Waals surface area contributed by atoms with Crippen molar-refractivity contribution in [2.24, 2.45) is 23.7 Å². The molecule has 3 rings (SSSR count). The van der Waals surface area contributed by atoms with E-state index in [4.69, 9.17) is 0 Å². The molecule has 0 saturated heterocycles. The van der Waals surface area contributed by atoms with Gasteiger partial charge in [0.25, 0.3) is 0 Å². The van der Waals surface area contributed by atoms with Crippen LogP contribution in [0.4, 0.5) is 0 Å². The van der Waals surface area contributed by atoms with E-state index in [2.05, 4.69) is 31.3 Å². The molecule has 24 heavy (non-hydrogen) atoms. The summed E-state index contributed by atoms with van der Waals surface area (Å²) in [4.78, 5) is 25.1. The van der Waals surface area contributed by atoms with Crippen LogP contribution in [-0.4, -0.2) is 11.7 Å². The van der Waals surface area contributed by atoms with Gasteiger partial charge in [-0.1, -0.05) is 50.6 Å². The van der Waals surface area contributed by atoms with E-state index in [1.807, 2.05) is 18.2 Å². The van der Waals surface area contributed by atoms with Gasteiger partial charge in [-0.05, 0) is 43.6 Å². The van der Waals surface area contributed by atoms with Crippen LogP contribution in [-0.2, 0) is 9.59 Å². The summed E-state index contributed by atoms with van der Waals surface area (Å²) in [7, 11) is 0. The molecule has 3 nitrogen and oxygen atoms in total. The summed E-state index contributed by atoms with van der Waals surface area (Å²) in [6.07, 6.45) is 5.55. The molecule has 2 aliphatic carbocycles. The zero-order chi connectivity index (χ0) is 17.1. The summed E-state index contributed by atoms with van der Waals surface area (Å²) < 4.78 is 0. The molecular formula is C21H29NO2. The predicted molar refractivity (Wildman–Crippen MR) is 95.3 cm³/mol. The zero-order valence-corrected chi connectivity index (χ0v) is 14.8. The number of fused-ring (bicyclic) bond motifs is 2. The minimum absolute atomic E-state index is 0.0105. The fourth-order valence-corrected chi connectivity index (χ4v) is 4.42. The number of amides is 1. The van der Waals surface area contributed by atoms with Crippen LogP contribution in [0.2, 0.25) is 0 Å². The molecule has 130 valence electrons. The second-order valence-electron chi connectivity index (χ2n) is 8.00. The average molecular weight is 327 g/mol. The van der Waals surface area contributed by atoms with Crippen LogP contribution < -0.4 is 5.32 Å². The van der Waals surface area contributed by atoms with Crippen molar-refractivity contribution in [2.45, 2.75) is 58.4 Å². The van der Waals surface area contributed by atoms with Gasteiger partial charge in [-0.3, -0.25) is 9.59 Å². The highest BCUT2D eigenvalue weighted by Gasteiger charge is 2.41. The SMILES string of the molecule is CC(C)CC(NC(=O)C1CC2CCCC(C1)C2=O)c1ccccc1. The maximum atomic E-state index is 12.9. The summed E-state index contributed by atoms with van der Waals surface area (Å²) in [6, 6.07) is 10.3. The summed E-state index contributed by atoms with van der Waals surface area (Å²) in [5, 5.41) is 3.29. The van der Waals surface area contributed by atoms with Crippen LogP contribution >= 0.6 is 0 Å². The molecule has 2 saturated carbocycles. The van der Waals surface area contributed by atoms with E-state index >= 15 is 0 Å². The van der Waals surface area contributed by atoms with Gasteiger partial charge < -0.3 is 5.32 Å². The number of carbonyl (C=O) groups excluding carboxylic acids is 2. The molecule has 0 radical (unpaired) electrons. The smallest absolute Gasteiger partial charge is 0.223 e. The molecule has 1 aromatic carbocycles. The number of benzene rings is 1. The third-order valence-electron chi connectivity index (χ3n) is 5.64. The quantitative estimate of drug-likeness (QED) is 0.877. The lowest BCUT2D eigenvalue weighted by Crippen LogP contribution is -2.43. The van der Waals surface area contributed by atoms with Crippen molar-refractivity contribution in [1.29, 1.82) is 0 Å². The van der Waals surface area contributed by atoms with Crippen LogP contribution in [0.3, 0.4) is 0 Å². The van der Waals surface area contributed by atoms with Gasteiger partial charge in [-0.2, -0.15) is 0 Å². The van der Waals surface area contributed by atoms with Crippen LogP contribution in [0.15, 0.2) is 30.3 Å². The predicted octanol–water partition coefficient (Wildman–Crippen LogP) is 4.29. The Morgan fingerprint density at radius 3 is 2.33 bits per heavy atom. The van der Waals surface area contributed by atoms with Gasteiger partial charge in [0.05, 0.1) is 6.04 Å². The summed E-state index contributed by atoms with van der Waals surface area (Å²) in [5.74, 6) is 1.36. The van der Waals surface area contributed by atoms with Crippen molar-refractivity contribution >= 4 is 11.7 Å². The van der Waals surface area contributed by atoms with E-state index in [1.54, 1.807) is 0 Å². The summed E-state index contributed by atoms with van der Waals surface area (Å²) in [6.45, 7) is 4.37. The number of carbonyl (C=O) groups is 2. The van der Waals surface area contributed by atoms with E-state index in [0.29, 0.717) is 11.7 Å². The molecule has 2 aliphatic rings. The van der Waals surface area contributed by atoms with Gasteiger partial charge in [-0.15, -0.1) is 0 Å². The first-order valence-corrected chi connectivity index (χ1v) is 9.43. The normalized spacial score (nSPS) is 27.8. The molecule has 2 bridgehead atoms. The zero-order valence-electron chi connectivity index (χ0n) is 14.8. The van der Waals surface area contributed by atoms with Gasteiger partial charge in [0.1, 0.15) is 5.78 Å². The Hall–Kier alpha value is -1.64. The van der Waals surface area contributed by atoms with E-state index in [-0.39, 0.29) is 29.7 Å². The first kappa shape index (κ1) is 17.2. The highest BCUT2D eigenvalue weighted by molar-refractivity contribution is 5.88. The molecule has 0 aromatic heterocycles. The first-order chi connectivity index (χ1) is 11.5. The third kappa shape index (κ3) is 3.88. The number of Topliss-reactive ketones (excluding diaryl/α,β-unsaturated/α-hetero) is 1.